The van der Waals surface area contributed by atoms with Gasteiger partial charge in [-0.2, -0.15) is 0 Å². The van der Waals surface area contributed by atoms with Gasteiger partial charge >= 0.3 is 5.97 Å². The zero-order chi connectivity index (χ0) is 18.5. The Hall–Kier alpha value is -3.15. The van der Waals surface area contributed by atoms with Crippen molar-refractivity contribution in [3.63, 3.8) is 0 Å². The SMILES string of the molecule is CCCCCOc1ccc(C(=O)ON2C(=O)c3ccccc3C2=O)cc1. The molecule has 0 bridgehead atoms. The van der Waals surface area contributed by atoms with Crippen molar-refractivity contribution < 1.29 is 24.0 Å². The molecule has 0 saturated heterocycles. The van der Waals surface area contributed by atoms with Crippen LogP contribution in [-0.2, 0) is 4.84 Å². The van der Waals surface area contributed by atoms with E-state index in [2.05, 4.69) is 6.92 Å². The van der Waals surface area contributed by atoms with E-state index in [-0.39, 0.29) is 16.7 Å². The third-order valence-corrected chi connectivity index (χ3v) is 4.04. The Morgan fingerprint density at radius 2 is 1.54 bits per heavy atom. The fourth-order valence-corrected chi connectivity index (χ4v) is 2.61. The number of fused-ring (bicyclic) bond motifs is 1. The molecule has 0 saturated carbocycles. The van der Waals surface area contributed by atoms with E-state index >= 15 is 0 Å². The first-order valence-electron chi connectivity index (χ1n) is 8.54. The molecule has 2 aromatic carbocycles. The lowest BCUT2D eigenvalue weighted by Crippen LogP contribution is -2.32. The molecule has 0 N–H and O–H groups in total. The number of imide groups is 1. The molecule has 0 fully saturated rings. The molecule has 0 atom stereocenters. The number of carbonyl (C=O) groups is 3. The van der Waals surface area contributed by atoms with Gasteiger partial charge in [0.25, 0.3) is 11.8 Å². The normalized spacial score (nSPS) is 12.9. The van der Waals surface area contributed by atoms with Crippen LogP contribution in [0.15, 0.2) is 48.5 Å². The summed E-state index contributed by atoms with van der Waals surface area (Å²) in [5.74, 6) is -1.42. The molecule has 0 spiro atoms. The number of amides is 2. The number of hydrogen-bond acceptors (Lipinski definition) is 5. The first-order valence-corrected chi connectivity index (χ1v) is 8.54. The molecule has 0 aromatic heterocycles. The smallest absolute Gasteiger partial charge is 0.363 e. The zero-order valence-electron chi connectivity index (χ0n) is 14.4. The number of unbranched alkanes of at least 4 members (excludes halogenated alkanes) is 2. The monoisotopic (exact) mass is 353 g/mol. The third-order valence-electron chi connectivity index (χ3n) is 4.04. The molecule has 6 heteroatoms. The zero-order valence-corrected chi connectivity index (χ0v) is 14.4. The summed E-state index contributed by atoms with van der Waals surface area (Å²) in [7, 11) is 0. The Balaban J connectivity index is 1.62. The Labute approximate surface area is 151 Å². The van der Waals surface area contributed by atoms with Crippen LogP contribution in [0.3, 0.4) is 0 Å². The van der Waals surface area contributed by atoms with Crippen LogP contribution in [0.25, 0.3) is 0 Å². The average Bonchev–Trinajstić information content (AvgIpc) is 2.91. The molecule has 134 valence electrons. The van der Waals surface area contributed by atoms with Gasteiger partial charge in [-0.15, -0.1) is 0 Å². The van der Waals surface area contributed by atoms with Crippen molar-refractivity contribution in [2.45, 2.75) is 26.2 Å². The Kier molecular flexibility index (Phi) is 5.31. The van der Waals surface area contributed by atoms with Crippen LogP contribution in [0.1, 0.15) is 57.3 Å². The Morgan fingerprint density at radius 1 is 0.923 bits per heavy atom. The second-order valence-corrected chi connectivity index (χ2v) is 5.91. The maximum atomic E-state index is 12.2. The first-order chi connectivity index (χ1) is 12.6. The van der Waals surface area contributed by atoms with Crippen molar-refractivity contribution in [2.24, 2.45) is 0 Å². The number of ether oxygens (including phenoxy) is 1. The lowest BCUT2D eigenvalue weighted by molar-refractivity contribution is -0.0584. The highest BCUT2D eigenvalue weighted by atomic mass is 16.7. The highest BCUT2D eigenvalue weighted by molar-refractivity contribution is 6.21. The van der Waals surface area contributed by atoms with E-state index in [9.17, 15) is 14.4 Å². The van der Waals surface area contributed by atoms with Crippen LogP contribution in [0.4, 0.5) is 0 Å². The quantitative estimate of drug-likeness (QED) is 0.561. The topological polar surface area (TPSA) is 72.9 Å². The highest BCUT2D eigenvalue weighted by Crippen LogP contribution is 2.23. The molecule has 1 heterocycles. The van der Waals surface area contributed by atoms with Gasteiger partial charge in [-0.1, -0.05) is 37.0 Å². The van der Waals surface area contributed by atoms with Crippen molar-refractivity contribution in [1.29, 1.82) is 0 Å². The first kappa shape index (κ1) is 17.7. The van der Waals surface area contributed by atoms with Crippen LogP contribution in [0.5, 0.6) is 5.75 Å². The molecule has 1 aliphatic heterocycles. The molecular formula is C20H19NO5. The van der Waals surface area contributed by atoms with Crippen molar-refractivity contribution in [3.8, 4) is 5.75 Å². The molecule has 3 rings (SSSR count). The molecule has 1 aliphatic rings. The fraction of sp³-hybridized carbons (Fsp3) is 0.250. The second-order valence-electron chi connectivity index (χ2n) is 5.91. The average molecular weight is 353 g/mol. The van der Waals surface area contributed by atoms with E-state index in [1.54, 1.807) is 24.3 Å². The van der Waals surface area contributed by atoms with Crippen molar-refractivity contribution in [3.05, 3.63) is 65.2 Å². The Morgan fingerprint density at radius 3 is 2.12 bits per heavy atom. The van der Waals surface area contributed by atoms with Gasteiger partial charge in [-0.25, -0.2) is 4.79 Å². The molecule has 0 aliphatic carbocycles. The number of benzene rings is 2. The van der Waals surface area contributed by atoms with Crippen molar-refractivity contribution in [1.82, 2.24) is 5.06 Å². The van der Waals surface area contributed by atoms with Crippen LogP contribution in [0, 0.1) is 0 Å². The van der Waals surface area contributed by atoms with Crippen LogP contribution in [0.2, 0.25) is 0 Å². The standard InChI is InChI=1S/C20H19NO5/c1-2-3-6-13-25-15-11-9-14(10-12-15)20(24)26-21-18(22)16-7-4-5-8-17(16)19(21)23/h4-5,7-12H,2-3,6,13H2,1H3. The summed E-state index contributed by atoms with van der Waals surface area (Å²) in [5, 5.41) is 0.502. The van der Waals surface area contributed by atoms with Crippen LogP contribution in [-0.4, -0.2) is 29.5 Å². The molecule has 26 heavy (non-hydrogen) atoms. The predicted molar refractivity (Wildman–Crippen MR) is 93.8 cm³/mol. The molecule has 2 aromatic rings. The number of nitrogens with zero attached hydrogens (tertiary/aromatic N) is 1. The molecule has 0 radical (unpaired) electrons. The summed E-state index contributed by atoms with van der Waals surface area (Å²) in [6.07, 6.45) is 3.19. The minimum atomic E-state index is -0.781. The van der Waals surface area contributed by atoms with Crippen molar-refractivity contribution >= 4 is 17.8 Å². The van der Waals surface area contributed by atoms with Crippen LogP contribution < -0.4 is 4.74 Å². The van der Waals surface area contributed by atoms with E-state index in [1.165, 1.54) is 24.3 Å². The summed E-state index contributed by atoms with van der Waals surface area (Å²) in [4.78, 5) is 41.7. The van der Waals surface area contributed by atoms with Gasteiger partial charge in [-0.05, 0) is 42.8 Å². The fourth-order valence-electron chi connectivity index (χ4n) is 2.61. The summed E-state index contributed by atoms with van der Waals surface area (Å²) >= 11 is 0. The highest BCUT2D eigenvalue weighted by Gasteiger charge is 2.38. The summed E-state index contributed by atoms with van der Waals surface area (Å²) in [6, 6.07) is 12.7. The molecule has 2 amide bonds. The second kappa shape index (κ2) is 7.82. The number of rotatable bonds is 7. The summed E-state index contributed by atoms with van der Waals surface area (Å²) in [6.45, 7) is 2.74. The lowest BCUT2D eigenvalue weighted by Gasteiger charge is -2.13. The van der Waals surface area contributed by atoms with Gasteiger partial charge in [0.15, 0.2) is 0 Å². The van der Waals surface area contributed by atoms with Gasteiger partial charge in [0.05, 0.1) is 23.3 Å². The van der Waals surface area contributed by atoms with E-state index in [1.807, 2.05) is 0 Å². The van der Waals surface area contributed by atoms with Crippen LogP contribution >= 0.6 is 0 Å². The van der Waals surface area contributed by atoms with Gasteiger partial charge < -0.3 is 9.57 Å². The van der Waals surface area contributed by atoms with Gasteiger partial charge in [0, 0.05) is 0 Å². The lowest BCUT2D eigenvalue weighted by atomic mass is 10.1. The van der Waals surface area contributed by atoms with E-state index < -0.39 is 17.8 Å². The Bertz CT molecular complexity index is 793. The van der Waals surface area contributed by atoms with E-state index in [4.69, 9.17) is 9.57 Å². The number of hydroxylamine groups is 2. The maximum absolute atomic E-state index is 12.2. The molecule has 0 unspecified atom stereocenters. The molecular weight excluding hydrogens is 334 g/mol. The molecule has 6 nitrogen and oxygen atoms in total. The van der Waals surface area contributed by atoms with Crippen molar-refractivity contribution in [2.75, 3.05) is 6.61 Å². The predicted octanol–water partition coefficient (Wildman–Crippen LogP) is 3.62. The van der Waals surface area contributed by atoms with Gasteiger partial charge in [0.1, 0.15) is 5.75 Å². The third kappa shape index (κ3) is 3.59. The minimum absolute atomic E-state index is 0.223. The summed E-state index contributed by atoms with van der Waals surface area (Å²) < 4.78 is 5.58. The van der Waals surface area contributed by atoms with Gasteiger partial charge in [-0.3, -0.25) is 9.59 Å². The summed E-state index contributed by atoms with van der Waals surface area (Å²) in [5.41, 5.74) is 0.671. The largest absolute Gasteiger partial charge is 0.494 e. The van der Waals surface area contributed by atoms with Gasteiger partial charge in [0.2, 0.25) is 0 Å². The number of hydrogen-bond donors (Lipinski definition) is 0. The maximum Gasteiger partial charge on any atom is 0.363 e. The number of carbonyl (C=O) groups excluding carboxylic acids is 3. The van der Waals surface area contributed by atoms with E-state index in [0.717, 1.165) is 19.3 Å². The van der Waals surface area contributed by atoms with E-state index in [0.29, 0.717) is 17.4 Å². The minimum Gasteiger partial charge on any atom is -0.494 e.